The first-order chi connectivity index (χ1) is 12.8. The van der Waals surface area contributed by atoms with Crippen molar-refractivity contribution in [2.45, 2.75) is 39.5 Å². The van der Waals surface area contributed by atoms with Crippen LogP contribution in [0.4, 0.5) is 6.01 Å². The molecule has 1 N–H and O–H groups in total. The van der Waals surface area contributed by atoms with Crippen molar-refractivity contribution >= 4 is 6.01 Å². The number of nitrogens with one attached hydrogen (secondary N) is 1. The number of unbranched alkanes of at least 4 members (excludes halogenated alkanes) is 2. The van der Waals surface area contributed by atoms with Gasteiger partial charge in [-0.15, -0.1) is 0 Å². The number of benzene rings is 1. The van der Waals surface area contributed by atoms with E-state index in [4.69, 9.17) is 10.0 Å². The Hall–Kier alpha value is -1.88. The molecule has 0 aliphatic heterocycles. The summed E-state index contributed by atoms with van der Waals surface area (Å²) in [6, 6.07) is 9.05. The lowest BCUT2D eigenvalue weighted by Crippen LogP contribution is -2.31. The van der Waals surface area contributed by atoms with Crippen molar-refractivity contribution in [2.24, 2.45) is 0 Å². The van der Waals surface area contributed by atoms with E-state index >= 15 is 0 Å². The van der Waals surface area contributed by atoms with Gasteiger partial charge in [-0.2, -0.15) is 4.98 Å². The van der Waals surface area contributed by atoms with Gasteiger partial charge in [-0.25, -0.2) is 0 Å². The van der Waals surface area contributed by atoms with E-state index in [2.05, 4.69) is 15.5 Å². The Morgan fingerprint density at radius 2 is 1.83 bits per heavy atom. The average molecular weight is 320 g/mol. The molecule has 1 heterocycles. The zero-order valence-electron chi connectivity index (χ0n) is 17.9. The first-order valence-corrected chi connectivity index (χ1v) is 8.24. The Morgan fingerprint density at radius 1 is 1.13 bits per heavy atom. The van der Waals surface area contributed by atoms with Crippen LogP contribution in [-0.2, 0) is 0 Å². The van der Waals surface area contributed by atoms with Crippen molar-refractivity contribution in [3.8, 4) is 11.4 Å². The van der Waals surface area contributed by atoms with Crippen molar-refractivity contribution in [2.75, 3.05) is 31.4 Å². The molecule has 0 saturated carbocycles. The van der Waals surface area contributed by atoms with Crippen LogP contribution in [0.2, 0.25) is 0 Å². The topological polar surface area (TPSA) is 54.2 Å². The summed E-state index contributed by atoms with van der Waals surface area (Å²) < 4.78 is 38.5. The van der Waals surface area contributed by atoms with Gasteiger partial charge in [-0.05, 0) is 25.9 Å². The summed E-state index contributed by atoms with van der Waals surface area (Å²) >= 11 is 0. The van der Waals surface area contributed by atoms with Crippen LogP contribution >= 0.6 is 0 Å². The zero-order valence-corrected chi connectivity index (χ0v) is 13.9. The van der Waals surface area contributed by atoms with Gasteiger partial charge in [0, 0.05) is 21.3 Å². The molecule has 23 heavy (non-hydrogen) atoms. The van der Waals surface area contributed by atoms with Gasteiger partial charge < -0.3 is 14.7 Å². The molecule has 0 spiro atoms. The maximum absolute atomic E-state index is 8.43. The van der Waals surface area contributed by atoms with Gasteiger partial charge in [0.1, 0.15) is 0 Å². The molecule has 5 nitrogen and oxygen atoms in total. The van der Waals surface area contributed by atoms with Crippen LogP contribution in [0, 0.1) is 0 Å². The van der Waals surface area contributed by atoms with Crippen molar-refractivity contribution < 1.29 is 10.0 Å². The van der Waals surface area contributed by atoms with Gasteiger partial charge in [0.15, 0.2) is 0 Å². The maximum Gasteiger partial charge on any atom is 0.321 e. The molecule has 0 aliphatic carbocycles. The Labute approximate surface area is 144 Å². The highest BCUT2D eigenvalue weighted by molar-refractivity contribution is 5.54. The second-order valence-electron chi connectivity index (χ2n) is 5.35. The zero-order chi connectivity index (χ0) is 19.9. The third kappa shape index (κ3) is 6.02. The monoisotopic (exact) mass is 320 g/mol. The second-order valence-corrected chi connectivity index (χ2v) is 5.35. The smallest absolute Gasteiger partial charge is 0.321 e. The largest absolute Gasteiger partial charge is 0.336 e. The molecule has 0 fully saturated rings. The molecule has 0 atom stereocenters. The number of anilines is 1. The van der Waals surface area contributed by atoms with E-state index in [0.717, 1.165) is 31.2 Å². The first-order valence-electron chi connectivity index (χ1n) is 10.2. The standard InChI is InChI=1S/C18H28N4O/c1-3-5-13-22(14-6-4-2)15-12-19-18-20-17(21-23-18)16-10-8-7-9-11-16/h7-11H,3-6,12-15H2,1-2H3,(H,19,20,21)/i12D2,15D2. The molecule has 0 saturated heterocycles. The average Bonchev–Trinajstić information content (AvgIpc) is 3.10. The van der Waals surface area contributed by atoms with Crippen LogP contribution in [0.25, 0.3) is 11.4 Å². The van der Waals surface area contributed by atoms with Crippen LogP contribution in [-0.4, -0.2) is 41.1 Å². The highest BCUT2D eigenvalue weighted by Crippen LogP contribution is 2.16. The van der Waals surface area contributed by atoms with E-state index in [0.29, 0.717) is 18.9 Å². The fourth-order valence-electron chi connectivity index (χ4n) is 2.06. The van der Waals surface area contributed by atoms with E-state index in [9.17, 15) is 0 Å². The van der Waals surface area contributed by atoms with E-state index in [1.807, 2.05) is 44.2 Å². The highest BCUT2D eigenvalue weighted by Gasteiger charge is 2.08. The minimum absolute atomic E-state index is 0.145. The lowest BCUT2D eigenvalue weighted by atomic mass is 10.2. The van der Waals surface area contributed by atoms with Gasteiger partial charge in [-0.3, -0.25) is 0 Å². The van der Waals surface area contributed by atoms with Crippen molar-refractivity contribution in [1.82, 2.24) is 15.0 Å². The fourth-order valence-corrected chi connectivity index (χ4v) is 2.06. The minimum atomic E-state index is -2.41. The van der Waals surface area contributed by atoms with Crippen LogP contribution in [0.5, 0.6) is 0 Å². The Balaban J connectivity index is 2.16. The molecule has 0 radical (unpaired) electrons. The van der Waals surface area contributed by atoms with Crippen molar-refractivity contribution in [1.29, 1.82) is 0 Å². The molecule has 2 rings (SSSR count). The summed E-state index contributed by atoms with van der Waals surface area (Å²) in [5.74, 6) is 0.322. The number of aromatic nitrogens is 2. The molecule has 1 aromatic heterocycles. The van der Waals surface area contributed by atoms with Crippen LogP contribution in [0.1, 0.15) is 45.0 Å². The lowest BCUT2D eigenvalue weighted by molar-refractivity contribution is 0.274. The Kier molecular flexibility index (Phi) is 5.45. The van der Waals surface area contributed by atoms with E-state index < -0.39 is 13.0 Å². The molecule has 0 aliphatic rings. The maximum atomic E-state index is 8.43. The summed E-state index contributed by atoms with van der Waals surface area (Å²) in [5.41, 5.74) is 0.741. The molecule has 2 aromatic rings. The summed E-state index contributed by atoms with van der Waals surface area (Å²) in [4.78, 5) is 5.71. The molecule has 0 amide bonds. The molecular formula is C18H28N4O. The highest BCUT2D eigenvalue weighted by atomic mass is 16.5. The predicted octanol–water partition coefficient (Wildman–Crippen LogP) is 4.05. The third-order valence-corrected chi connectivity index (χ3v) is 3.40. The lowest BCUT2D eigenvalue weighted by Gasteiger charge is -2.21. The number of rotatable bonds is 11. The van der Waals surface area contributed by atoms with Crippen LogP contribution < -0.4 is 5.32 Å². The third-order valence-electron chi connectivity index (χ3n) is 3.40. The Bertz CT molecular complexity index is 686. The van der Waals surface area contributed by atoms with Crippen molar-refractivity contribution in [3.05, 3.63) is 30.3 Å². The molecule has 126 valence electrons. The minimum Gasteiger partial charge on any atom is -0.336 e. The fraction of sp³-hybridized carbons (Fsp3) is 0.556. The normalized spacial score (nSPS) is 14.9. The molecule has 0 unspecified atom stereocenters. The van der Waals surface area contributed by atoms with Crippen molar-refractivity contribution in [3.63, 3.8) is 0 Å². The summed E-state index contributed by atoms with van der Waals surface area (Å²) in [7, 11) is 0. The van der Waals surface area contributed by atoms with Gasteiger partial charge >= 0.3 is 6.01 Å². The van der Waals surface area contributed by atoms with Gasteiger partial charge in [0.2, 0.25) is 5.82 Å². The van der Waals surface area contributed by atoms with Crippen LogP contribution in [0.15, 0.2) is 34.9 Å². The Morgan fingerprint density at radius 3 is 2.48 bits per heavy atom. The van der Waals surface area contributed by atoms with E-state index in [1.54, 1.807) is 4.90 Å². The van der Waals surface area contributed by atoms with Gasteiger partial charge in [0.25, 0.3) is 0 Å². The number of nitrogens with zero attached hydrogens (tertiary/aromatic N) is 3. The summed E-state index contributed by atoms with van der Waals surface area (Å²) in [5, 5.41) is 6.30. The molecule has 5 heteroatoms. The summed E-state index contributed by atoms with van der Waals surface area (Å²) in [6.45, 7) is 0.398. The number of hydrogen-bond acceptors (Lipinski definition) is 5. The predicted molar refractivity (Wildman–Crippen MR) is 94.5 cm³/mol. The number of hydrogen-bond donors (Lipinski definition) is 1. The molecule has 1 aromatic carbocycles. The quantitative estimate of drug-likeness (QED) is 0.677. The molecule has 0 bridgehead atoms. The molecular weight excluding hydrogens is 288 g/mol. The summed E-state index contributed by atoms with van der Waals surface area (Å²) in [6.07, 6.45) is 3.44. The first kappa shape index (κ1) is 12.5. The van der Waals surface area contributed by atoms with Gasteiger partial charge in [0.05, 0.1) is 2.74 Å². The van der Waals surface area contributed by atoms with Gasteiger partial charge in [-0.1, -0.05) is 62.2 Å². The van der Waals surface area contributed by atoms with Crippen LogP contribution in [0.3, 0.4) is 0 Å². The second kappa shape index (κ2) is 10.0. The van der Waals surface area contributed by atoms with E-state index in [-0.39, 0.29) is 6.01 Å². The SMILES string of the molecule is [2H]C([2H])(Nc1nc(-c2ccccc2)no1)C([2H])([2H])N(CCCC)CCCC. The van der Waals surface area contributed by atoms with E-state index in [1.165, 1.54) is 0 Å².